The van der Waals surface area contributed by atoms with E-state index in [-0.39, 0.29) is 0 Å². The van der Waals surface area contributed by atoms with Gasteiger partial charge < -0.3 is 20.3 Å². The number of aliphatic carboxylic acids is 2. The molecule has 0 amide bonds. The first kappa shape index (κ1) is 29.8. The number of nitrogens with one attached hydrogen (secondary N) is 1. The Morgan fingerprint density at radius 3 is 1.97 bits per heavy atom. The molecule has 2 atom stereocenters. The van der Waals surface area contributed by atoms with Gasteiger partial charge >= 0.3 is 24.3 Å². The Morgan fingerprint density at radius 1 is 0.943 bits per heavy atom. The molecule has 0 saturated carbocycles. The fourth-order valence-corrected chi connectivity index (χ4v) is 2.91. The van der Waals surface area contributed by atoms with Crippen LogP contribution >= 0.6 is 0 Å². The number of carboxylic acid groups (broad SMARTS) is 2. The van der Waals surface area contributed by atoms with Gasteiger partial charge in [-0.1, -0.05) is 36.4 Å². The summed E-state index contributed by atoms with van der Waals surface area (Å²) in [6.45, 7) is 2.68. The molecule has 194 valence electrons. The molecule has 0 aliphatic carbocycles. The summed E-state index contributed by atoms with van der Waals surface area (Å²) in [7, 11) is 0. The predicted molar refractivity (Wildman–Crippen MR) is 111 cm³/mol. The maximum Gasteiger partial charge on any atom is 0.490 e. The van der Waals surface area contributed by atoms with Crippen molar-refractivity contribution < 1.29 is 50.9 Å². The fourth-order valence-electron chi connectivity index (χ4n) is 2.91. The zero-order chi connectivity index (χ0) is 26.5. The van der Waals surface area contributed by atoms with Crippen molar-refractivity contribution in [1.82, 2.24) is 10.3 Å². The van der Waals surface area contributed by atoms with Crippen LogP contribution in [0.5, 0.6) is 0 Å². The number of ether oxygens (including phenoxy) is 1. The van der Waals surface area contributed by atoms with E-state index in [1.54, 1.807) is 0 Å². The number of rotatable bonds is 5. The van der Waals surface area contributed by atoms with Crippen molar-refractivity contribution in [2.24, 2.45) is 5.92 Å². The van der Waals surface area contributed by atoms with E-state index in [1.807, 2.05) is 24.4 Å². The minimum absolute atomic E-state index is 0.313. The van der Waals surface area contributed by atoms with Crippen molar-refractivity contribution in [3.8, 4) is 0 Å². The Balaban J connectivity index is 0.000000362. The number of aromatic nitrogens is 1. The number of alkyl halides is 6. The number of hydrogen-bond donors (Lipinski definition) is 3. The van der Waals surface area contributed by atoms with Crippen LogP contribution in [0.15, 0.2) is 54.7 Å². The van der Waals surface area contributed by atoms with Crippen LogP contribution in [0.2, 0.25) is 0 Å². The molecule has 1 aromatic heterocycles. The standard InChI is InChI=1S/C18H22N2O.2C2HF3O2/c1-2-6-15(7-3-1)12-16-13-19-11-9-18(16)21-14-17-8-4-5-10-20-17;2*3-2(4,5)1(6)7/h1-8,10,16,18-19H,9,11-14H2;2*(H,6,7)/t16-,18+;;/m0../s1. The smallest absolute Gasteiger partial charge is 0.475 e. The van der Waals surface area contributed by atoms with Crippen LogP contribution in [0.4, 0.5) is 26.3 Å². The molecule has 0 radical (unpaired) electrons. The van der Waals surface area contributed by atoms with Gasteiger partial charge in [0, 0.05) is 18.7 Å². The van der Waals surface area contributed by atoms with Gasteiger partial charge in [0.1, 0.15) is 0 Å². The third-order valence-electron chi connectivity index (χ3n) is 4.54. The highest BCUT2D eigenvalue weighted by Gasteiger charge is 2.38. The van der Waals surface area contributed by atoms with Crippen molar-refractivity contribution in [3.63, 3.8) is 0 Å². The van der Waals surface area contributed by atoms with Gasteiger partial charge in [0.05, 0.1) is 18.4 Å². The quantitative estimate of drug-likeness (QED) is 0.520. The van der Waals surface area contributed by atoms with E-state index in [2.05, 4.69) is 40.6 Å². The second kappa shape index (κ2) is 14.3. The number of carbonyl (C=O) groups is 2. The topological polar surface area (TPSA) is 109 Å². The van der Waals surface area contributed by atoms with Crippen LogP contribution in [-0.4, -0.2) is 58.7 Å². The Labute approximate surface area is 196 Å². The second-order valence-electron chi connectivity index (χ2n) is 7.22. The van der Waals surface area contributed by atoms with E-state index in [0.717, 1.165) is 31.6 Å². The van der Waals surface area contributed by atoms with Gasteiger partial charge in [-0.3, -0.25) is 4.98 Å². The number of piperidine rings is 1. The number of nitrogens with zero attached hydrogens (tertiary/aromatic N) is 1. The Morgan fingerprint density at radius 2 is 1.49 bits per heavy atom. The molecule has 2 heterocycles. The zero-order valence-corrected chi connectivity index (χ0v) is 18.2. The molecular formula is C22H24F6N2O5. The highest BCUT2D eigenvalue weighted by atomic mass is 19.4. The molecule has 1 fully saturated rings. The van der Waals surface area contributed by atoms with Crippen LogP contribution < -0.4 is 5.32 Å². The molecule has 3 N–H and O–H groups in total. The number of pyridine rings is 1. The first-order valence-electron chi connectivity index (χ1n) is 10.2. The number of benzene rings is 1. The van der Waals surface area contributed by atoms with Crippen LogP contribution in [0.1, 0.15) is 17.7 Å². The molecule has 0 bridgehead atoms. The molecule has 3 rings (SSSR count). The van der Waals surface area contributed by atoms with Gasteiger partial charge in [0.15, 0.2) is 0 Å². The van der Waals surface area contributed by atoms with Gasteiger partial charge in [-0.25, -0.2) is 9.59 Å². The van der Waals surface area contributed by atoms with E-state index in [9.17, 15) is 26.3 Å². The number of halogens is 6. The van der Waals surface area contributed by atoms with Crippen LogP contribution in [0.3, 0.4) is 0 Å². The lowest BCUT2D eigenvalue weighted by Gasteiger charge is -2.32. The lowest BCUT2D eigenvalue weighted by molar-refractivity contribution is -0.193. The van der Waals surface area contributed by atoms with E-state index in [4.69, 9.17) is 24.5 Å². The van der Waals surface area contributed by atoms with Gasteiger partial charge in [0.2, 0.25) is 0 Å². The summed E-state index contributed by atoms with van der Waals surface area (Å²) in [6, 6.07) is 16.6. The number of carboxylic acids is 2. The molecule has 2 aromatic rings. The van der Waals surface area contributed by atoms with Crippen LogP contribution in [0, 0.1) is 5.92 Å². The van der Waals surface area contributed by atoms with Crippen LogP contribution in [-0.2, 0) is 27.4 Å². The third kappa shape index (κ3) is 12.7. The Kier molecular flexibility index (Phi) is 12.2. The summed E-state index contributed by atoms with van der Waals surface area (Å²) in [5.74, 6) is -4.98. The summed E-state index contributed by atoms with van der Waals surface area (Å²) in [5.41, 5.74) is 2.40. The molecular weight excluding hydrogens is 486 g/mol. The maximum absolute atomic E-state index is 10.6. The van der Waals surface area contributed by atoms with E-state index in [0.29, 0.717) is 18.6 Å². The molecule has 1 aliphatic heterocycles. The van der Waals surface area contributed by atoms with E-state index in [1.165, 1.54) is 5.56 Å². The largest absolute Gasteiger partial charge is 0.490 e. The highest BCUT2D eigenvalue weighted by Crippen LogP contribution is 2.21. The average Bonchev–Trinajstić information content (AvgIpc) is 2.79. The lowest BCUT2D eigenvalue weighted by atomic mass is 9.89. The van der Waals surface area contributed by atoms with Gasteiger partial charge in [-0.15, -0.1) is 0 Å². The zero-order valence-electron chi connectivity index (χ0n) is 18.2. The highest BCUT2D eigenvalue weighted by molar-refractivity contribution is 5.73. The minimum atomic E-state index is -5.08. The van der Waals surface area contributed by atoms with E-state index >= 15 is 0 Å². The van der Waals surface area contributed by atoms with Crippen molar-refractivity contribution in [2.45, 2.75) is 37.9 Å². The SMILES string of the molecule is O=C(O)C(F)(F)F.O=C(O)C(F)(F)F.c1ccc(C[C@H]2CNCC[C@H]2OCc2ccccn2)cc1. The summed E-state index contributed by atoms with van der Waals surface area (Å²) in [5, 5.41) is 17.7. The second-order valence-corrected chi connectivity index (χ2v) is 7.22. The minimum Gasteiger partial charge on any atom is -0.475 e. The molecule has 0 unspecified atom stereocenters. The fraction of sp³-hybridized carbons (Fsp3) is 0.409. The summed E-state index contributed by atoms with van der Waals surface area (Å²) in [6.07, 6.45) is -5.89. The number of hydrogen-bond acceptors (Lipinski definition) is 5. The first-order chi connectivity index (χ1) is 16.3. The van der Waals surface area contributed by atoms with Crippen molar-refractivity contribution in [3.05, 3.63) is 66.0 Å². The van der Waals surface area contributed by atoms with Gasteiger partial charge in [-0.05, 0) is 37.1 Å². The van der Waals surface area contributed by atoms with Crippen molar-refractivity contribution in [1.29, 1.82) is 0 Å². The third-order valence-corrected chi connectivity index (χ3v) is 4.54. The monoisotopic (exact) mass is 510 g/mol. The molecule has 35 heavy (non-hydrogen) atoms. The Hall–Kier alpha value is -3.19. The normalized spacial score (nSPS) is 17.8. The van der Waals surface area contributed by atoms with Crippen molar-refractivity contribution in [2.75, 3.05) is 13.1 Å². The average molecular weight is 510 g/mol. The van der Waals surface area contributed by atoms with Gasteiger partial charge in [-0.2, -0.15) is 26.3 Å². The molecule has 7 nitrogen and oxygen atoms in total. The predicted octanol–water partition coefficient (Wildman–Crippen LogP) is 4.09. The summed E-state index contributed by atoms with van der Waals surface area (Å²) < 4.78 is 69.6. The van der Waals surface area contributed by atoms with Crippen molar-refractivity contribution >= 4 is 11.9 Å². The van der Waals surface area contributed by atoms with Crippen LogP contribution in [0.25, 0.3) is 0 Å². The molecule has 13 heteroatoms. The molecule has 1 aromatic carbocycles. The maximum atomic E-state index is 10.6. The Bertz CT molecular complexity index is 871. The molecule has 1 saturated heterocycles. The first-order valence-corrected chi connectivity index (χ1v) is 10.2. The molecule has 1 aliphatic rings. The lowest BCUT2D eigenvalue weighted by Crippen LogP contribution is -2.42. The summed E-state index contributed by atoms with van der Waals surface area (Å²) >= 11 is 0. The van der Waals surface area contributed by atoms with E-state index < -0.39 is 24.3 Å². The van der Waals surface area contributed by atoms with Gasteiger partial charge in [0.25, 0.3) is 0 Å². The summed E-state index contributed by atoms with van der Waals surface area (Å²) in [4.78, 5) is 22.1. The molecule has 0 spiro atoms.